The fraction of sp³-hybridized carbons (Fsp3) is 0.312. The lowest BCUT2D eigenvalue weighted by molar-refractivity contribution is 0.0948. The maximum absolute atomic E-state index is 12.2. The molecule has 0 fully saturated rings. The number of carbonyl (C=O) groups is 1. The zero-order chi connectivity index (χ0) is 16.1. The Morgan fingerprint density at radius 1 is 1.41 bits per heavy atom. The molecule has 0 saturated heterocycles. The lowest BCUT2D eigenvalue weighted by Gasteiger charge is -2.10. The van der Waals surface area contributed by atoms with Crippen molar-refractivity contribution in [1.82, 2.24) is 15.3 Å². The van der Waals surface area contributed by atoms with E-state index in [1.165, 1.54) is 0 Å². The molecule has 2 aromatic heterocycles. The van der Waals surface area contributed by atoms with Gasteiger partial charge in [0.15, 0.2) is 0 Å². The van der Waals surface area contributed by atoms with Gasteiger partial charge in [-0.3, -0.25) is 9.59 Å². The van der Waals surface area contributed by atoms with Crippen LogP contribution < -0.4 is 15.6 Å². The molecule has 0 aliphatic carbocycles. The minimum atomic E-state index is -0.412. The van der Waals surface area contributed by atoms with E-state index >= 15 is 0 Å². The number of pyridine rings is 2. The zero-order valence-corrected chi connectivity index (χ0v) is 12.9. The highest BCUT2D eigenvalue weighted by Crippen LogP contribution is 2.14. The van der Waals surface area contributed by atoms with Crippen LogP contribution in [0.2, 0.25) is 0 Å². The largest absolute Gasteiger partial charge is 0.478 e. The third-order valence-corrected chi connectivity index (χ3v) is 3.16. The van der Waals surface area contributed by atoms with E-state index in [4.69, 9.17) is 4.74 Å². The number of carbonyl (C=O) groups excluding carboxylic acids is 1. The molecule has 6 heteroatoms. The maximum Gasteiger partial charge on any atom is 0.261 e. The Labute approximate surface area is 128 Å². The minimum Gasteiger partial charge on any atom is -0.478 e. The van der Waals surface area contributed by atoms with E-state index in [9.17, 15) is 9.59 Å². The molecule has 116 valence electrons. The summed E-state index contributed by atoms with van der Waals surface area (Å²) in [5.41, 5.74) is 1.89. The van der Waals surface area contributed by atoms with E-state index in [1.807, 2.05) is 13.0 Å². The molecule has 0 saturated carbocycles. The second-order valence-corrected chi connectivity index (χ2v) is 4.92. The topological polar surface area (TPSA) is 84.1 Å². The normalized spacial score (nSPS) is 10.3. The second kappa shape index (κ2) is 6.89. The molecule has 2 heterocycles. The van der Waals surface area contributed by atoms with Gasteiger partial charge in [0.2, 0.25) is 5.88 Å². The summed E-state index contributed by atoms with van der Waals surface area (Å²) in [7, 11) is 0. The smallest absolute Gasteiger partial charge is 0.261 e. The van der Waals surface area contributed by atoms with Crippen molar-refractivity contribution in [1.29, 1.82) is 0 Å². The van der Waals surface area contributed by atoms with Gasteiger partial charge in [0.1, 0.15) is 5.56 Å². The van der Waals surface area contributed by atoms with E-state index in [2.05, 4.69) is 15.3 Å². The number of hydrogen-bond acceptors (Lipinski definition) is 4. The highest BCUT2D eigenvalue weighted by molar-refractivity contribution is 5.95. The van der Waals surface area contributed by atoms with Gasteiger partial charge in [-0.25, -0.2) is 4.98 Å². The molecule has 0 unspecified atom stereocenters. The van der Waals surface area contributed by atoms with Crippen molar-refractivity contribution in [3.63, 3.8) is 0 Å². The number of rotatable bonds is 5. The van der Waals surface area contributed by atoms with Gasteiger partial charge in [-0.2, -0.15) is 0 Å². The summed E-state index contributed by atoms with van der Waals surface area (Å²) in [5.74, 6) is 0.0740. The van der Waals surface area contributed by atoms with Gasteiger partial charge in [-0.15, -0.1) is 0 Å². The first-order valence-electron chi connectivity index (χ1n) is 7.08. The summed E-state index contributed by atoms with van der Waals surface area (Å²) in [4.78, 5) is 30.9. The van der Waals surface area contributed by atoms with Crippen LogP contribution in [0.4, 0.5) is 0 Å². The Morgan fingerprint density at radius 2 is 2.18 bits per heavy atom. The third-order valence-electron chi connectivity index (χ3n) is 3.16. The Morgan fingerprint density at radius 3 is 2.86 bits per heavy atom. The number of hydrogen-bond donors (Lipinski definition) is 2. The summed E-state index contributed by atoms with van der Waals surface area (Å²) < 4.78 is 5.41. The fourth-order valence-electron chi connectivity index (χ4n) is 2.23. The first kappa shape index (κ1) is 15.8. The Balaban J connectivity index is 2.16. The van der Waals surface area contributed by atoms with Gasteiger partial charge in [0, 0.05) is 24.0 Å². The minimum absolute atomic E-state index is 0.132. The van der Waals surface area contributed by atoms with E-state index in [-0.39, 0.29) is 17.7 Å². The lowest BCUT2D eigenvalue weighted by Crippen LogP contribution is -2.30. The summed E-state index contributed by atoms with van der Waals surface area (Å²) in [6, 6.07) is 5.37. The number of amides is 1. The fourth-order valence-corrected chi connectivity index (χ4v) is 2.23. The predicted molar refractivity (Wildman–Crippen MR) is 83.1 cm³/mol. The maximum atomic E-state index is 12.2. The van der Waals surface area contributed by atoms with Crippen LogP contribution in [0, 0.1) is 13.8 Å². The van der Waals surface area contributed by atoms with Gasteiger partial charge >= 0.3 is 0 Å². The standard InChI is InChI=1S/C16H19N3O3/c1-4-22-16-12(6-5-7-17-16)9-18-14(20)13-10(2)8-11(3)19-15(13)21/h5-8H,4,9H2,1-3H3,(H,18,20)(H,19,21). The molecule has 0 aromatic carbocycles. The molecule has 0 aliphatic rings. The van der Waals surface area contributed by atoms with Crippen LogP contribution in [0.1, 0.15) is 34.1 Å². The van der Waals surface area contributed by atoms with Crippen molar-refractivity contribution in [3.8, 4) is 5.88 Å². The summed E-state index contributed by atoms with van der Waals surface area (Å²) >= 11 is 0. The van der Waals surface area contributed by atoms with Gasteiger partial charge in [0.05, 0.1) is 6.61 Å². The third kappa shape index (κ3) is 3.52. The van der Waals surface area contributed by atoms with Gasteiger partial charge < -0.3 is 15.0 Å². The number of aromatic amines is 1. The average Bonchev–Trinajstić information content (AvgIpc) is 2.45. The van der Waals surface area contributed by atoms with Crippen LogP contribution in [0.15, 0.2) is 29.2 Å². The number of aryl methyl sites for hydroxylation is 2. The van der Waals surface area contributed by atoms with Crippen LogP contribution >= 0.6 is 0 Å². The molecular weight excluding hydrogens is 282 g/mol. The Kier molecular flexibility index (Phi) is 4.93. The number of aromatic nitrogens is 2. The number of ether oxygens (including phenoxy) is 1. The molecule has 6 nitrogen and oxygen atoms in total. The molecule has 2 rings (SSSR count). The van der Waals surface area contributed by atoms with Crippen LogP contribution in [0.5, 0.6) is 5.88 Å². The highest BCUT2D eigenvalue weighted by Gasteiger charge is 2.15. The first-order valence-corrected chi connectivity index (χ1v) is 7.08. The van der Waals surface area contributed by atoms with Crippen molar-refractivity contribution >= 4 is 5.91 Å². The van der Waals surface area contributed by atoms with Gasteiger partial charge in [0.25, 0.3) is 11.5 Å². The van der Waals surface area contributed by atoms with Crippen molar-refractivity contribution in [2.45, 2.75) is 27.3 Å². The monoisotopic (exact) mass is 301 g/mol. The van der Waals surface area contributed by atoms with Crippen molar-refractivity contribution in [2.75, 3.05) is 6.61 Å². The van der Waals surface area contributed by atoms with E-state index in [1.54, 1.807) is 32.2 Å². The molecule has 22 heavy (non-hydrogen) atoms. The molecule has 0 bridgehead atoms. The summed E-state index contributed by atoms with van der Waals surface area (Å²) in [6.07, 6.45) is 1.63. The van der Waals surface area contributed by atoms with Gasteiger partial charge in [-0.1, -0.05) is 6.07 Å². The lowest BCUT2D eigenvalue weighted by atomic mass is 10.1. The van der Waals surface area contributed by atoms with E-state index in [0.717, 1.165) is 11.3 Å². The molecule has 0 aliphatic heterocycles. The summed E-state index contributed by atoms with van der Waals surface area (Å²) in [6.45, 7) is 6.13. The van der Waals surface area contributed by atoms with Crippen LogP contribution in [0.25, 0.3) is 0 Å². The van der Waals surface area contributed by atoms with Crippen LogP contribution in [-0.4, -0.2) is 22.5 Å². The molecule has 2 aromatic rings. The second-order valence-electron chi connectivity index (χ2n) is 4.92. The molecule has 2 N–H and O–H groups in total. The van der Waals surface area contributed by atoms with Crippen molar-refractivity contribution < 1.29 is 9.53 Å². The molecule has 0 atom stereocenters. The van der Waals surface area contributed by atoms with E-state index in [0.29, 0.717) is 18.1 Å². The molecule has 1 amide bonds. The quantitative estimate of drug-likeness (QED) is 0.880. The summed E-state index contributed by atoms with van der Waals surface area (Å²) in [5, 5.41) is 2.74. The molecule has 0 radical (unpaired) electrons. The average molecular weight is 301 g/mol. The Bertz CT molecular complexity index is 738. The number of nitrogens with one attached hydrogen (secondary N) is 2. The number of nitrogens with zero attached hydrogens (tertiary/aromatic N) is 1. The highest BCUT2D eigenvalue weighted by atomic mass is 16.5. The SMILES string of the molecule is CCOc1ncccc1CNC(=O)c1c(C)cc(C)[nH]c1=O. The van der Waals surface area contributed by atoms with Gasteiger partial charge in [-0.05, 0) is 38.5 Å². The number of H-pyrrole nitrogens is 1. The predicted octanol–water partition coefficient (Wildman–Crippen LogP) is 1.72. The first-order chi connectivity index (χ1) is 10.5. The zero-order valence-electron chi connectivity index (χ0n) is 12.9. The van der Waals surface area contributed by atoms with E-state index < -0.39 is 5.91 Å². The van der Waals surface area contributed by atoms with Crippen molar-refractivity contribution in [3.05, 3.63) is 57.1 Å². The van der Waals surface area contributed by atoms with Crippen LogP contribution in [-0.2, 0) is 6.54 Å². The van der Waals surface area contributed by atoms with Crippen molar-refractivity contribution in [2.24, 2.45) is 0 Å². The molecule has 0 spiro atoms. The Hall–Kier alpha value is -2.63. The molecular formula is C16H19N3O3. The van der Waals surface area contributed by atoms with Crippen LogP contribution in [0.3, 0.4) is 0 Å².